The van der Waals surface area contributed by atoms with Crippen molar-refractivity contribution < 1.29 is 15.0 Å². The molecule has 0 fully saturated rings. The number of unbranched alkanes of at least 4 members (excludes halogenated alkanes) is 45. The van der Waals surface area contributed by atoms with Gasteiger partial charge in [-0.1, -0.05) is 320 Å². The molecule has 0 aromatic heterocycles. The van der Waals surface area contributed by atoms with E-state index in [2.05, 4.69) is 43.5 Å². The third-order valence-electron chi connectivity index (χ3n) is 14.1. The van der Waals surface area contributed by atoms with Crippen molar-refractivity contribution in [1.29, 1.82) is 0 Å². The molecule has 0 aliphatic rings. The van der Waals surface area contributed by atoms with E-state index in [9.17, 15) is 15.0 Å². The first-order valence-corrected chi connectivity index (χ1v) is 30.2. The van der Waals surface area contributed by atoms with Crippen LogP contribution >= 0.6 is 0 Å². The molecule has 3 N–H and O–H groups in total. The standard InChI is InChI=1S/C62H119NO3/c1-3-5-7-9-11-13-15-17-19-21-23-25-26-27-28-29-30-31-32-33-34-35-36-37-38-40-42-44-46-48-50-52-54-56-58-62(66)63-60(59-64)61(65)57-55-53-51-49-47-45-43-41-39-24-22-20-18-16-14-12-10-8-6-4-2/h39,41,47,49,55,57,60-61,64-65H,3-38,40,42-46,48,50-54,56,58-59H2,1-2H3,(H,63,66)/b41-39+,49-47+,57-55+. The first-order valence-electron chi connectivity index (χ1n) is 30.2. The Balaban J connectivity index is 3.45. The highest BCUT2D eigenvalue weighted by atomic mass is 16.3. The molecule has 66 heavy (non-hydrogen) atoms. The Morgan fingerprint density at radius 3 is 0.879 bits per heavy atom. The summed E-state index contributed by atoms with van der Waals surface area (Å²) in [6.45, 7) is 4.33. The second kappa shape index (κ2) is 57.9. The molecule has 0 saturated heterocycles. The number of aliphatic hydroxyl groups is 2. The van der Waals surface area contributed by atoms with E-state index in [4.69, 9.17) is 0 Å². The maximum atomic E-state index is 12.5. The molecule has 0 rings (SSSR count). The van der Waals surface area contributed by atoms with Crippen LogP contribution in [0.25, 0.3) is 0 Å². The lowest BCUT2D eigenvalue weighted by molar-refractivity contribution is -0.123. The van der Waals surface area contributed by atoms with Crippen LogP contribution in [0.4, 0.5) is 0 Å². The average Bonchev–Trinajstić information content (AvgIpc) is 3.32. The third-order valence-corrected chi connectivity index (χ3v) is 14.1. The van der Waals surface area contributed by atoms with Crippen molar-refractivity contribution in [2.45, 2.75) is 347 Å². The fourth-order valence-corrected chi connectivity index (χ4v) is 9.51. The number of aliphatic hydroxyl groups excluding tert-OH is 2. The zero-order chi connectivity index (χ0) is 47.7. The molecule has 0 aliphatic heterocycles. The van der Waals surface area contributed by atoms with Crippen LogP contribution < -0.4 is 5.32 Å². The van der Waals surface area contributed by atoms with Gasteiger partial charge in [0.25, 0.3) is 0 Å². The largest absolute Gasteiger partial charge is 0.394 e. The summed E-state index contributed by atoms with van der Waals surface area (Å²) < 4.78 is 0. The Bertz CT molecular complexity index is 1010. The number of carbonyl (C=O) groups excluding carboxylic acids is 1. The summed E-state index contributed by atoms with van der Waals surface area (Å²) in [5.74, 6) is -0.0714. The predicted octanol–water partition coefficient (Wildman–Crippen LogP) is 20.0. The van der Waals surface area contributed by atoms with E-state index < -0.39 is 12.1 Å². The molecule has 2 atom stereocenters. The Kier molecular flexibility index (Phi) is 56.7. The van der Waals surface area contributed by atoms with Gasteiger partial charge in [0.05, 0.1) is 18.8 Å². The first kappa shape index (κ1) is 64.6. The fourth-order valence-electron chi connectivity index (χ4n) is 9.51. The van der Waals surface area contributed by atoms with Gasteiger partial charge in [-0.05, 0) is 44.9 Å². The molecule has 0 saturated carbocycles. The Morgan fingerprint density at radius 2 is 0.591 bits per heavy atom. The van der Waals surface area contributed by atoms with Gasteiger partial charge < -0.3 is 15.5 Å². The van der Waals surface area contributed by atoms with Crippen molar-refractivity contribution in [2.24, 2.45) is 0 Å². The molecule has 4 heteroatoms. The average molecular weight is 927 g/mol. The molecular weight excluding hydrogens is 807 g/mol. The van der Waals surface area contributed by atoms with Gasteiger partial charge >= 0.3 is 0 Å². The molecule has 0 aliphatic carbocycles. The van der Waals surface area contributed by atoms with Gasteiger partial charge in [0, 0.05) is 6.42 Å². The van der Waals surface area contributed by atoms with Crippen LogP contribution in [0, 0.1) is 0 Å². The molecule has 0 aromatic rings. The molecule has 4 nitrogen and oxygen atoms in total. The van der Waals surface area contributed by atoms with Crippen LogP contribution in [0.5, 0.6) is 0 Å². The van der Waals surface area contributed by atoms with Crippen LogP contribution in [0.1, 0.15) is 335 Å². The Hall–Kier alpha value is -1.39. The highest BCUT2D eigenvalue weighted by Crippen LogP contribution is 2.18. The number of hydrogen-bond donors (Lipinski definition) is 3. The minimum absolute atomic E-state index is 0.0714. The van der Waals surface area contributed by atoms with Gasteiger partial charge in [-0.2, -0.15) is 0 Å². The number of carbonyl (C=O) groups is 1. The fraction of sp³-hybridized carbons (Fsp3) is 0.887. The van der Waals surface area contributed by atoms with Crippen molar-refractivity contribution in [2.75, 3.05) is 6.61 Å². The molecule has 0 spiro atoms. The van der Waals surface area contributed by atoms with Crippen molar-refractivity contribution in [3.63, 3.8) is 0 Å². The molecule has 390 valence electrons. The summed E-state index contributed by atoms with van der Waals surface area (Å²) >= 11 is 0. The second-order valence-corrected chi connectivity index (χ2v) is 20.8. The first-order chi connectivity index (χ1) is 32.7. The minimum Gasteiger partial charge on any atom is -0.394 e. The number of allylic oxidation sites excluding steroid dienone is 5. The van der Waals surface area contributed by atoms with E-state index in [1.54, 1.807) is 6.08 Å². The van der Waals surface area contributed by atoms with Crippen LogP contribution in [0.15, 0.2) is 36.5 Å². The molecule has 0 aromatic carbocycles. The van der Waals surface area contributed by atoms with Gasteiger partial charge in [0.15, 0.2) is 0 Å². The van der Waals surface area contributed by atoms with Gasteiger partial charge in [-0.3, -0.25) is 4.79 Å². The normalized spacial score (nSPS) is 13.0. The van der Waals surface area contributed by atoms with Crippen LogP contribution in [0.3, 0.4) is 0 Å². The lowest BCUT2D eigenvalue weighted by Gasteiger charge is -2.19. The lowest BCUT2D eigenvalue weighted by atomic mass is 10.0. The van der Waals surface area contributed by atoms with Crippen molar-refractivity contribution in [3.05, 3.63) is 36.5 Å². The van der Waals surface area contributed by atoms with E-state index in [1.807, 2.05) is 6.08 Å². The molecule has 0 bridgehead atoms. The lowest BCUT2D eigenvalue weighted by Crippen LogP contribution is -2.45. The van der Waals surface area contributed by atoms with Crippen LogP contribution in [-0.4, -0.2) is 34.9 Å². The highest BCUT2D eigenvalue weighted by Gasteiger charge is 2.18. The van der Waals surface area contributed by atoms with E-state index in [1.165, 1.54) is 276 Å². The van der Waals surface area contributed by atoms with Crippen molar-refractivity contribution in [1.82, 2.24) is 5.32 Å². The van der Waals surface area contributed by atoms with Crippen LogP contribution in [-0.2, 0) is 4.79 Å². The van der Waals surface area contributed by atoms with Gasteiger partial charge in [-0.25, -0.2) is 0 Å². The highest BCUT2D eigenvalue weighted by molar-refractivity contribution is 5.76. The quantitative estimate of drug-likeness (QED) is 0.0420. The molecule has 1 amide bonds. The van der Waals surface area contributed by atoms with Gasteiger partial charge in [0.1, 0.15) is 0 Å². The van der Waals surface area contributed by atoms with Crippen molar-refractivity contribution in [3.8, 4) is 0 Å². The predicted molar refractivity (Wildman–Crippen MR) is 295 cm³/mol. The summed E-state index contributed by atoms with van der Waals surface area (Å²) in [4.78, 5) is 12.5. The Morgan fingerprint density at radius 1 is 0.348 bits per heavy atom. The number of rotatable bonds is 56. The maximum Gasteiger partial charge on any atom is 0.220 e. The minimum atomic E-state index is -0.869. The topological polar surface area (TPSA) is 69.6 Å². The maximum absolute atomic E-state index is 12.5. The van der Waals surface area contributed by atoms with E-state index in [0.717, 1.165) is 38.5 Å². The molecule has 0 heterocycles. The number of amides is 1. The number of nitrogens with one attached hydrogen (secondary N) is 1. The van der Waals surface area contributed by atoms with Crippen molar-refractivity contribution >= 4 is 5.91 Å². The summed E-state index contributed by atoms with van der Waals surface area (Å²) in [7, 11) is 0. The monoisotopic (exact) mass is 926 g/mol. The summed E-state index contributed by atoms with van der Waals surface area (Å²) in [5.41, 5.74) is 0. The second-order valence-electron chi connectivity index (χ2n) is 20.8. The number of hydrogen-bond acceptors (Lipinski definition) is 3. The molecular formula is C62H119NO3. The summed E-state index contributed by atoms with van der Waals surface area (Å²) in [6, 6.07) is -0.644. The zero-order valence-corrected chi connectivity index (χ0v) is 45.0. The van der Waals surface area contributed by atoms with E-state index >= 15 is 0 Å². The molecule has 2 unspecified atom stereocenters. The SMILES string of the molecule is CCCCCCCCCCCC/C=C/CC/C=C/CC/C=C/C(O)C(CO)NC(=O)CCCCCCCCCCCCCCCCCCCCCCCCCCCCCCCCCCCC. The van der Waals surface area contributed by atoms with Gasteiger partial charge in [-0.15, -0.1) is 0 Å². The smallest absolute Gasteiger partial charge is 0.220 e. The van der Waals surface area contributed by atoms with E-state index in [-0.39, 0.29) is 12.5 Å². The summed E-state index contributed by atoms with van der Waals surface area (Å²) in [6.07, 6.45) is 79.1. The Labute approximate surface area is 414 Å². The van der Waals surface area contributed by atoms with Gasteiger partial charge in [0.2, 0.25) is 5.91 Å². The summed E-state index contributed by atoms with van der Waals surface area (Å²) in [5, 5.41) is 23.1. The van der Waals surface area contributed by atoms with E-state index in [0.29, 0.717) is 6.42 Å². The van der Waals surface area contributed by atoms with Crippen LogP contribution in [0.2, 0.25) is 0 Å². The third kappa shape index (κ3) is 53.6. The zero-order valence-electron chi connectivity index (χ0n) is 45.0. The molecule has 0 radical (unpaired) electrons.